The molecule has 1 aromatic carbocycles. The average molecular weight is 321 g/mol. The van der Waals surface area contributed by atoms with E-state index < -0.39 is 0 Å². The van der Waals surface area contributed by atoms with E-state index in [0.717, 1.165) is 22.1 Å². The summed E-state index contributed by atoms with van der Waals surface area (Å²) < 4.78 is 11.0. The molecule has 0 aromatic heterocycles. The van der Waals surface area contributed by atoms with Crippen LogP contribution in [0.25, 0.3) is 0 Å². The molecular weight excluding hydrogens is 305 g/mol. The zero-order chi connectivity index (χ0) is 11.1. The molecule has 2 N–H and O–H groups in total. The second-order valence-corrected chi connectivity index (χ2v) is 3.95. The zero-order valence-electron chi connectivity index (χ0n) is 8.83. The molecule has 0 amide bonds. The second-order valence-electron chi connectivity index (χ2n) is 3.19. The van der Waals surface area contributed by atoms with E-state index in [1.54, 1.807) is 7.11 Å². The lowest BCUT2D eigenvalue weighted by atomic mass is 10.1. The van der Waals surface area contributed by atoms with Gasteiger partial charge in [0.2, 0.25) is 0 Å². The number of benzene rings is 1. The van der Waals surface area contributed by atoms with Crippen LogP contribution in [0.3, 0.4) is 0 Å². The van der Waals surface area contributed by atoms with Gasteiger partial charge in [0.25, 0.3) is 0 Å². The summed E-state index contributed by atoms with van der Waals surface area (Å²) in [6.07, 6.45) is 0.833. The summed E-state index contributed by atoms with van der Waals surface area (Å²) >= 11 is 2.32. The quantitative estimate of drug-likeness (QED) is 0.288. The van der Waals surface area contributed by atoms with Crippen LogP contribution in [-0.2, 0) is 20.3 Å². The van der Waals surface area contributed by atoms with Gasteiger partial charge in [0.1, 0.15) is 6.79 Å². The van der Waals surface area contributed by atoms with E-state index in [4.69, 9.17) is 15.2 Å². The Labute approximate surface area is 104 Å². The molecule has 15 heavy (non-hydrogen) atoms. The molecular formula is C11H16INO2. The lowest BCUT2D eigenvalue weighted by Gasteiger charge is -2.09. The predicted molar refractivity (Wildman–Crippen MR) is 70.1 cm³/mol. The van der Waals surface area contributed by atoms with E-state index in [9.17, 15) is 0 Å². The number of para-hydroxylation sites is 1. The first kappa shape index (κ1) is 12.7. The molecule has 0 aliphatic carbocycles. The normalized spacial score (nSPS) is 10.5. The fourth-order valence-corrected chi connectivity index (χ4v) is 1.99. The molecule has 0 radical (unpaired) electrons. The van der Waals surface area contributed by atoms with E-state index in [1.165, 1.54) is 5.56 Å². The van der Waals surface area contributed by atoms with Gasteiger partial charge in [-0.25, -0.2) is 0 Å². The number of nitrogen functional groups attached to an aromatic ring is 1. The summed E-state index contributed by atoms with van der Waals surface area (Å²) in [4.78, 5) is 0. The SMILES string of the molecule is COCOCCc1cccc(CI)c1N. The van der Waals surface area contributed by atoms with Crippen molar-refractivity contribution in [2.24, 2.45) is 0 Å². The summed E-state index contributed by atoms with van der Waals surface area (Å²) in [5.74, 6) is 0. The van der Waals surface area contributed by atoms with Gasteiger partial charge < -0.3 is 15.2 Å². The number of hydrogen-bond donors (Lipinski definition) is 1. The number of nitrogens with two attached hydrogens (primary N) is 1. The van der Waals surface area contributed by atoms with Gasteiger partial charge in [-0.1, -0.05) is 40.8 Å². The van der Waals surface area contributed by atoms with Crippen LogP contribution in [0.5, 0.6) is 0 Å². The Morgan fingerprint density at radius 1 is 1.33 bits per heavy atom. The van der Waals surface area contributed by atoms with Crippen molar-refractivity contribution in [2.75, 3.05) is 26.2 Å². The van der Waals surface area contributed by atoms with Crippen molar-refractivity contribution in [2.45, 2.75) is 10.8 Å². The predicted octanol–water partition coefficient (Wildman–Crippen LogP) is 2.37. The number of rotatable bonds is 6. The van der Waals surface area contributed by atoms with Gasteiger partial charge in [-0.15, -0.1) is 0 Å². The highest BCUT2D eigenvalue weighted by molar-refractivity contribution is 14.1. The maximum Gasteiger partial charge on any atom is 0.146 e. The Hall–Kier alpha value is -0.330. The topological polar surface area (TPSA) is 44.5 Å². The molecule has 0 fully saturated rings. The second kappa shape index (κ2) is 7.03. The van der Waals surface area contributed by atoms with Crippen molar-refractivity contribution >= 4 is 28.3 Å². The molecule has 0 saturated carbocycles. The first-order valence-electron chi connectivity index (χ1n) is 4.78. The average Bonchev–Trinajstić information content (AvgIpc) is 2.26. The lowest BCUT2D eigenvalue weighted by Crippen LogP contribution is -2.05. The number of methoxy groups -OCH3 is 1. The molecule has 0 aliphatic heterocycles. The number of alkyl halides is 1. The number of anilines is 1. The standard InChI is InChI=1S/C11H16INO2/c1-14-8-15-6-5-9-3-2-4-10(7-12)11(9)13/h2-4H,5-8,13H2,1H3. The summed E-state index contributed by atoms with van der Waals surface area (Å²) in [7, 11) is 1.62. The lowest BCUT2D eigenvalue weighted by molar-refractivity contribution is -0.0291. The van der Waals surface area contributed by atoms with Crippen LogP contribution in [0.15, 0.2) is 18.2 Å². The molecule has 0 saturated heterocycles. The van der Waals surface area contributed by atoms with Crippen molar-refractivity contribution in [3.05, 3.63) is 29.3 Å². The van der Waals surface area contributed by atoms with Gasteiger partial charge in [-0.3, -0.25) is 0 Å². The minimum Gasteiger partial charge on any atom is -0.398 e. The van der Waals surface area contributed by atoms with Crippen molar-refractivity contribution < 1.29 is 9.47 Å². The summed E-state index contributed by atoms with van der Waals surface area (Å²) in [5.41, 5.74) is 9.26. The zero-order valence-corrected chi connectivity index (χ0v) is 11.0. The van der Waals surface area contributed by atoms with E-state index in [-0.39, 0.29) is 0 Å². The first-order chi connectivity index (χ1) is 7.29. The maximum atomic E-state index is 6.02. The maximum absolute atomic E-state index is 6.02. The van der Waals surface area contributed by atoms with Crippen LogP contribution in [-0.4, -0.2) is 20.5 Å². The fraction of sp³-hybridized carbons (Fsp3) is 0.455. The molecule has 0 heterocycles. The van der Waals surface area contributed by atoms with Crippen LogP contribution < -0.4 is 5.73 Å². The third-order valence-corrected chi connectivity index (χ3v) is 2.97. The van der Waals surface area contributed by atoms with Crippen LogP contribution in [0.2, 0.25) is 0 Å². The molecule has 1 aromatic rings. The Balaban J connectivity index is 2.53. The smallest absolute Gasteiger partial charge is 0.146 e. The highest BCUT2D eigenvalue weighted by atomic mass is 127. The molecule has 0 aliphatic rings. The molecule has 1 rings (SSSR count). The molecule has 84 valence electrons. The van der Waals surface area contributed by atoms with Gasteiger partial charge in [0.15, 0.2) is 0 Å². The summed E-state index contributed by atoms with van der Waals surface area (Å²) in [6, 6.07) is 6.14. The van der Waals surface area contributed by atoms with Gasteiger partial charge in [0, 0.05) is 17.2 Å². The van der Waals surface area contributed by atoms with Gasteiger partial charge >= 0.3 is 0 Å². The van der Waals surface area contributed by atoms with Gasteiger partial charge in [-0.2, -0.15) is 0 Å². The minimum atomic E-state index is 0.339. The van der Waals surface area contributed by atoms with E-state index in [0.29, 0.717) is 13.4 Å². The van der Waals surface area contributed by atoms with Crippen LogP contribution in [0, 0.1) is 0 Å². The molecule has 4 heteroatoms. The molecule has 0 bridgehead atoms. The largest absolute Gasteiger partial charge is 0.398 e. The fourth-order valence-electron chi connectivity index (χ4n) is 1.33. The molecule has 0 unspecified atom stereocenters. The summed E-state index contributed by atoms with van der Waals surface area (Å²) in [5, 5.41) is 0. The number of ether oxygens (including phenoxy) is 2. The van der Waals surface area contributed by atoms with E-state index >= 15 is 0 Å². The highest BCUT2D eigenvalue weighted by Crippen LogP contribution is 2.20. The van der Waals surface area contributed by atoms with Crippen molar-refractivity contribution in [3.8, 4) is 0 Å². The summed E-state index contributed by atoms with van der Waals surface area (Å²) in [6.45, 7) is 0.981. The van der Waals surface area contributed by atoms with E-state index in [1.807, 2.05) is 12.1 Å². The van der Waals surface area contributed by atoms with Gasteiger partial charge in [-0.05, 0) is 17.5 Å². The molecule has 3 nitrogen and oxygen atoms in total. The Morgan fingerprint density at radius 2 is 2.07 bits per heavy atom. The van der Waals surface area contributed by atoms with Crippen LogP contribution in [0.4, 0.5) is 5.69 Å². The molecule has 0 atom stereocenters. The van der Waals surface area contributed by atoms with Gasteiger partial charge in [0.05, 0.1) is 6.61 Å². The molecule has 0 spiro atoms. The first-order valence-corrected chi connectivity index (χ1v) is 6.31. The highest BCUT2D eigenvalue weighted by Gasteiger charge is 2.03. The number of halogens is 1. The third-order valence-electron chi connectivity index (χ3n) is 2.15. The van der Waals surface area contributed by atoms with Crippen molar-refractivity contribution in [3.63, 3.8) is 0 Å². The monoisotopic (exact) mass is 321 g/mol. The number of hydrogen-bond acceptors (Lipinski definition) is 3. The Bertz CT molecular complexity index is 305. The van der Waals surface area contributed by atoms with E-state index in [2.05, 4.69) is 28.7 Å². The third kappa shape index (κ3) is 3.96. The Kier molecular flexibility index (Phi) is 5.97. The van der Waals surface area contributed by atoms with Crippen molar-refractivity contribution in [1.29, 1.82) is 0 Å². The van der Waals surface area contributed by atoms with Crippen LogP contribution in [0.1, 0.15) is 11.1 Å². The van der Waals surface area contributed by atoms with Crippen LogP contribution >= 0.6 is 22.6 Å². The van der Waals surface area contributed by atoms with Crippen molar-refractivity contribution in [1.82, 2.24) is 0 Å². The minimum absolute atomic E-state index is 0.339. The Morgan fingerprint density at radius 3 is 2.73 bits per heavy atom.